The minimum absolute atomic E-state index is 0.132. The fourth-order valence-electron chi connectivity index (χ4n) is 3.49. The van der Waals surface area contributed by atoms with Crippen molar-refractivity contribution in [3.63, 3.8) is 0 Å². The highest BCUT2D eigenvalue weighted by molar-refractivity contribution is 7.90. The molecular formula is C23H19NO3S. The van der Waals surface area contributed by atoms with Crippen LogP contribution in [0.2, 0.25) is 0 Å². The second kappa shape index (κ2) is 6.77. The van der Waals surface area contributed by atoms with E-state index in [9.17, 15) is 13.2 Å². The largest absolute Gasteiger partial charge is 0.296 e. The molecule has 0 atom stereocenters. The van der Waals surface area contributed by atoms with E-state index in [0.29, 0.717) is 17.4 Å². The molecule has 1 aromatic heterocycles. The highest BCUT2D eigenvalue weighted by Crippen LogP contribution is 2.37. The first-order valence-electron chi connectivity index (χ1n) is 8.91. The van der Waals surface area contributed by atoms with Crippen molar-refractivity contribution >= 4 is 27.2 Å². The number of aldehydes is 1. The molecule has 3 aromatic carbocycles. The van der Waals surface area contributed by atoms with E-state index < -0.39 is 10.0 Å². The standard InChI is InChI=1S/C23H19NO3S/c1-16-8-11-19(12-9-16)28(26,27)24-21-13-10-17(2)14-20(21)23(22(24)15-25)18-6-4-3-5-7-18/h3-15H,1-2H3. The lowest BCUT2D eigenvalue weighted by Gasteiger charge is -2.10. The van der Waals surface area contributed by atoms with Crippen LogP contribution in [-0.2, 0) is 10.0 Å². The second-order valence-electron chi connectivity index (χ2n) is 6.85. The number of carbonyl (C=O) groups excluding carboxylic acids is 1. The third-order valence-electron chi connectivity index (χ3n) is 4.85. The molecule has 0 radical (unpaired) electrons. The van der Waals surface area contributed by atoms with E-state index in [1.807, 2.05) is 56.3 Å². The number of hydrogen-bond acceptors (Lipinski definition) is 3. The van der Waals surface area contributed by atoms with Crippen LogP contribution in [0.5, 0.6) is 0 Å². The quantitative estimate of drug-likeness (QED) is 0.463. The molecule has 0 aliphatic heterocycles. The van der Waals surface area contributed by atoms with Gasteiger partial charge in [-0.15, -0.1) is 0 Å². The molecular weight excluding hydrogens is 370 g/mol. The molecule has 4 aromatic rings. The smallest absolute Gasteiger partial charge is 0.268 e. The lowest BCUT2D eigenvalue weighted by Crippen LogP contribution is -2.15. The Hall–Kier alpha value is -3.18. The van der Waals surface area contributed by atoms with E-state index in [2.05, 4.69) is 0 Å². The summed E-state index contributed by atoms with van der Waals surface area (Å²) in [7, 11) is -3.94. The van der Waals surface area contributed by atoms with Gasteiger partial charge in [0, 0.05) is 10.9 Å². The number of fused-ring (bicyclic) bond motifs is 1. The number of carbonyl (C=O) groups is 1. The Labute approximate surface area is 164 Å². The molecule has 0 aliphatic carbocycles. The summed E-state index contributed by atoms with van der Waals surface area (Å²) >= 11 is 0. The van der Waals surface area contributed by atoms with E-state index in [0.717, 1.165) is 22.1 Å². The predicted octanol–water partition coefficient (Wildman–Crippen LogP) is 4.97. The zero-order chi connectivity index (χ0) is 19.9. The van der Waals surface area contributed by atoms with Gasteiger partial charge < -0.3 is 0 Å². The van der Waals surface area contributed by atoms with Gasteiger partial charge in [-0.2, -0.15) is 0 Å². The molecule has 0 amide bonds. The molecule has 0 unspecified atom stereocenters. The molecule has 0 bridgehead atoms. The molecule has 140 valence electrons. The summed E-state index contributed by atoms with van der Waals surface area (Å²) < 4.78 is 28.1. The maximum Gasteiger partial charge on any atom is 0.268 e. The van der Waals surface area contributed by atoms with Crippen LogP contribution in [0.1, 0.15) is 21.6 Å². The lowest BCUT2D eigenvalue weighted by molar-refractivity contribution is 0.111. The minimum Gasteiger partial charge on any atom is -0.296 e. The molecule has 28 heavy (non-hydrogen) atoms. The molecule has 0 saturated carbocycles. The van der Waals surface area contributed by atoms with Gasteiger partial charge >= 0.3 is 0 Å². The first kappa shape index (κ1) is 18.2. The van der Waals surface area contributed by atoms with Crippen LogP contribution >= 0.6 is 0 Å². The summed E-state index contributed by atoms with van der Waals surface area (Å²) in [6.07, 6.45) is 0.628. The molecule has 4 rings (SSSR count). The fourth-order valence-corrected chi connectivity index (χ4v) is 4.99. The van der Waals surface area contributed by atoms with Gasteiger partial charge in [-0.25, -0.2) is 12.4 Å². The van der Waals surface area contributed by atoms with Crippen LogP contribution in [0.3, 0.4) is 0 Å². The number of benzene rings is 3. The van der Waals surface area contributed by atoms with Gasteiger partial charge in [0.25, 0.3) is 10.0 Å². The van der Waals surface area contributed by atoms with Crippen LogP contribution in [0.4, 0.5) is 0 Å². The van der Waals surface area contributed by atoms with E-state index in [1.165, 1.54) is 3.97 Å². The summed E-state index contributed by atoms with van der Waals surface area (Å²) in [4.78, 5) is 12.3. The first-order valence-corrected chi connectivity index (χ1v) is 10.4. The molecule has 0 aliphatic rings. The van der Waals surface area contributed by atoms with Crippen molar-refractivity contribution in [3.8, 4) is 11.1 Å². The van der Waals surface area contributed by atoms with Gasteiger partial charge in [0.15, 0.2) is 6.29 Å². The Kier molecular flexibility index (Phi) is 4.40. The zero-order valence-corrected chi connectivity index (χ0v) is 16.4. The summed E-state index contributed by atoms with van der Waals surface area (Å²) in [5, 5.41) is 0.740. The average molecular weight is 389 g/mol. The van der Waals surface area contributed by atoms with Gasteiger partial charge in [-0.3, -0.25) is 4.79 Å². The van der Waals surface area contributed by atoms with Gasteiger partial charge in [-0.1, -0.05) is 59.7 Å². The van der Waals surface area contributed by atoms with Gasteiger partial charge in [0.05, 0.1) is 10.4 Å². The predicted molar refractivity (Wildman–Crippen MR) is 111 cm³/mol. The Morgan fingerprint density at radius 1 is 0.821 bits per heavy atom. The lowest BCUT2D eigenvalue weighted by atomic mass is 10.0. The van der Waals surface area contributed by atoms with Crippen LogP contribution in [0.15, 0.2) is 77.7 Å². The van der Waals surface area contributed by atoms with Gasteiger partial charge in [0.2, 0.25) is 0 Å². The van der Waals surface area contributed by atoms with Crippen molar-refractivity contribution in [1.82, 2.24) is 3.97 Å². The SMILES string of the molecule is Cc1ccc(S(=O)(=O)n2c(C=O)c(-c3ccccc3)c3cc(C)ccc32)cc1. The monoisotopic (exact) mass is 389 g/mol. The summed E-state index contributed by atoms with van der Waals surface area (Å²) in [6.45, 7) is 3.84. The Balaban J connectivity index is 2.13. The van der Waals surface area contributed by atoms with Crippen molar-refractivity contribution in [2.24, 2.45) is 0 Å². The number of rotatable bonds is 4. The third kappa shape index (κ3) is 2.84. The van der Waals surface area contributed by atoms with Crippen molar-refractivity contribution in [3.05, 3.63) is 89.6 Å². The number of nitrogens with zero attached hydrogens (tertiary/aromatic N) is 1. The molecule has 0 N–H and O–H groups in total. The molecule has 0 saturated heterocycles. The Bertz CT molecular complexity index is 1290. The highest BCUT2D eigenvalue weighted by atomic mass is 32.2. The first-order chi connectivity index (χ1) is 13.4. The van der Waals surface area contributed by atoms with Crippen molar-refractivity contribution in [1.29, 1.82) is 0 Å². The van der Waals surface area contributed by atoms with Crippen molar-refractivity contribution < 1.29 is 13.2 Å². The molecule has 1 heterocycles. The third-order valence-corrected chi connectivity index (χ3v) is 6.59. The van der Waals surface area contributed by atoms with Gasteiger partial charge in [-0.05, 0) is 43.7 Å². The minimum atomic E-state index is -3.94. The summed E-state index contributed by atoms with van der Waals surface area (Å²) in [5.74, 6) is 0. The maximum atomic E-state index is 13.5. The topological polar surface area (TPSA) is 56.1 Å². The van der Waals surface area contributed by atoms with E-state index in [-0.39, 0.29) is 10.6 Å². The average Bonchev–Trinajstić information content (AvgIpc) is 3.03. The number of aromatic nitrogens is 1. The molecule has 0 spiro atoms. The highest BCUT2D eigenvalue weighted by Gasteiger charge is 2.27. The number of aryl methyl sites for hydroxylation is 2. The molecule has 5 heteroatoms. The van der Waals surface area contributed by atoms with Crippen LogP contribution in [0, 0.1) is 13.8 Å². The fraction of sp³-hybridized carbons (Fsp3) is 0.0870. The van der Waals surface area contributed by atoms with E-state index >= 15 is 0 Å². The van der Waals surface area contributed by atoms with E-state index in [1.54, 1.807) is 30.3 Å². The van der Waals surface area contributed by atoms with Gasteiger partial charge in [0.1, 0.15) is 5.69 Å². The Morgan fingerprint density at radius 2 is 1.46 bits per heavy atom. The van der Waals surface area contributed by atoms with Crippen LogP contribution < -0.4 is 0 Å². The summed E-state index contributed by atoms with van der Waals surface area (Å²) in [5.41, 5.74) is 4.02. The molecule has 4 nitrogen and oxygen atoms in total. The normalized spacial score (nSPS) is 11.6. The van der Waals surface area contributed by atoms with E-state index in [4.69, 9.17) is 0 Å². The van der Waals surface area contributed by atoms with Crippen LogP contribution in [-0.4, -0.2) is 18.7 Å². The zero-order valence-electron chi connectivity index (χ0n) is 15.6. The second-order valence-corrected chi connectivity index (χ2v) is 8.63. The summed E-state index contributed by atoms with van der Waals surface area (Å²) in [6, 6.07) is 21.6. The number of hydrogen-bond donors (Lipinski definition) is 0. The van der Waals surface area contributed by atoms with Crippen molar-refractivity contribution in [2.45, 2.75) is 18.7 Å². The molecule has 0 fully saturated rings. The maximum absolute atomic E-state index is 13.5. The Morgan fingerprint density at radius 3 is 2.11 bits per heavy atom. The van der Waals surface area contributed by atoms with Crippen molar-refractivity contribution in [2.75, 3.05) is 0 Å². The van der Waals surface area contributed by atoms with Crippen LogP contribution in [0.25, 0.3) is 22.0 Å².